The predicted molar refractivity (Wildman–Crippen MR) is 40.8 cm³/mol. The zero-order valence-electron chi connectivity index (χ0n) is 7.42. The Labute approximate surface area is 101 Å². The molecule has 1 aromatic carbocycles. The van der Waals surface area contributed by atoms with Crippen molar-refractivity contribution in [2.45, 2.75) is 6.18 Å². The summed E-state index contributed by atoms with van der Waals surface area (Å²) >= 11 is 0. The van der Waals surface area contributed by atoms with Crippen LogP contribution in [0.4, 0.5) is 13.2 Å². The maximum atomic E-state index is 12.0. The van der Waals surface area contributed by atoms with E-state index in [1.165, 1.54) is 12.1 Å². The topological polar surface area (TPSA) is 32.6 Å². The second kappa shape index (κ2) is 5.38. The molecule has 1 N–H and O–H groups in total. The SMILES string of the molecule is O/N=C/c1ccc(C(F)(F)F)cc1.[Na+]. The van der Waals surface area contributed by atoms with E-state index in [0.29, 0.717) is 5.56 Å². The van der Waals surface area contributed by atoms with Crippen LogP contribution in [0.15, 0.2) is 29.4 Å². The van der Waals surface area contributed by atoms with E-state index in [1.807, 2.05) is 0 Å². The first-order valence-electron chi connectivity index (χ1n) is 3.39. The average molecular weight is 212 g/mol. The molecule has 0 saturated carbocycles. The minimum Gasteiger partial charge on any atom is -0.411 e. The van der Waals surface area contributed by atoms with Crippen molar-refractivity contribution in [3.63, 3.8) is 0 Å². The summed E-state index contributed by atoms with van der Waals surface area (Å²) in [7, 11) is 0. The summed E-state index contributed by atoms with van der Waals surface area (Å²) in [5.74, 6) is 0. The summed E-state index contributed by atoms with van der Waals surface area (Å²) in [5.41, 5.74) is -0.307. The van der Waals surface area contributed by atoms with Gasteiger partial charge in [0.05, 0.1) is 11.8 Å². The zero-order chi connectivity index (χ0) is 9.90. The number of hydrogen-bond acceptors (Lipinski definition) is 2. The molecule has 6 heteroatoms. The molecule has 0 radical (unpaired) electrons. The van der Waals surface area contributed by atoms with E-state index < -0.39 is 11.7 Å². The molecule has 0 aliphatic rings. The van der Waals surface area contributed by atoms with Crippen molar-refractivity contribution in [1.82, 2.24) is 0 Å². The molecular weight excluding hydrogens is 206 g/mol. The van der Waals surface area contributed by atoms with Crippen molar-refractivity contribution in [1.29, 1.82) is 0 Å². The van der Waals surface area contributed by atoms with E-state index in [1.54, 1.807) is 0 Å². The summed E-state index contributed by atoms with van der Waals surface area (Å²) < 4.78 is 36.1. The fourth-order valence-electron chi connectivity index (χ4n) is 0.825. The van der Waals surface area contributed by atoms with Crippen molar-refractivity contribution >= 4 is 6.21 Å². The van der Waals surface area contributed by atoms with Gasteiger partial charge in [0.1, 0.15) is 0 Å². The van der Waals surface area contributed by atoms with E-state index in [2.05, 4.69) is 5.16 Å². The number of oxime groups is 1. The van der Waals surface area contributed by atoms with Gasteiger partial charge in [0, 0.05) is 0 Å². The average Bonchev–Trinajstić information content (AvgIpc) is 2.04. The molecule has 0 aromatic heterocycles. The minimum absolute atomic E-state index is 0. The van der Waals surface area contributed by atoms with E-state index in [0.717, 1.165) is 18.3 Å². The first kappa shape index (κ1) is 13.5. The monoisotopic (exact) mass is 212 g/mol. The molecule has 0 bridgehead atoms. The van der Waals surface area contributed by atoms with Gasteiger partial charge in [-0.2, -0.15) is 13.2 Å². The van der Waals surface area contributed by atoms with Crippen LogP contribution in [0.2, 0.25) is 0 Å². The van der Waals surface area contributed by atoms with Crippen LogP contribution in [-0.4, -0.2) is 11.4 Å². The molecule has 0 fully saturated rings. The summed E-state index contributed by atoms with van der Waals surface area (Å²) in [4.78, 5) is 0. The van der Waals surface area contributed by atoms with E-state index in [9.17, 15) is 13.2 Å². The van der Waals surface area contributed by atoms with Gasteiger partial charge in [-0.1, -0.05) is 17.3 Å². The Kier molecular flexibility index (Phi) is 5.18. The van der Waals surface area contributed by atoms with Crippen molar-refractivity contribution < 1.29 is 47.9 Å². The third-order valence-electron chi connectivity index (χ3n) is 1.44. The van der Waals surface area contributed by atoms with Crippen LogP contribution in [0.3, 0.4) is 0 Å². The zero-order valence-corrected chi connectivity index (χ0v) is 9.42. The van der Waals surface area contributed by atoms with Crippen LogP contribution in [0.5, 0.6) is 0 Å². The Hall–Kier alpha value is -0.520. The third-order valence-corrected chi connectivity index (χ3v) is 1.44. The van der Waals surface area contributed by atoms with Crippen molar-refractivity contribution in [2.24, 2.45) is 5.16 Å². The van der Waals surface area contributed by atoms with Gasteiger partial charge in [-0.3, -0.25) is 0 Å². The van der Waals surface area contributed by atoms with Gasteiger partial charge >= 0.3 is 35.7 Å². The largest absolute Gasteiger partial charge is 1.00 e. The molecule has 0 amide bonds. The van der Waals surface area contributed by atoms with Gasteiger partial charge in [0.15, 0.2) is 0 Å². The van der Waals surface area contributed by atoms with Crippen molar-refractivity contribution in [3.05, 3.63) is 35.4 Å². The second-order valence-electron chi connectivity index (χ2n) is 2.36. The van der Waals surface area contributed by atoms with Crippen LogP contribution in [0.1, 0.15) is 11.1 Å². The quantitative estimate of drug-likeness (QED) is 0.290. The maximum absolute atomic E-state index is 12.0. The number of alkyl halides is 3. The summed E-state index contributed by atoms with van der Waals surface area (Å²) in [6, 6.07) is 4.30. The molecule has 0 atom stereocenters. The Morgan fingerprint density at radius 2 is 1.64 bits per heavy atom. The minimum atomic E-state index is -4.32. The molecule has 1 aromatic rings. The first-order valence-corrected chi connectivity index (χ1v) is 3.39. The van der Waals surface area contributed by atoms with Gasteiger partial charge in [0.25, 0.3) is 0 Å². The van der Waals surface area contributed by atoms with Gasteiger partial charge < -0.3 is 5.21 Å². The Balaban J connectivity index is 0.00000169. The number of halogens is 3. The molecule has 70 valence electrons. The molecular formula is C8H6F3NNaO+. The Bertz CT molecular complexity index is 307. The first-order chi connectivity index (χ1) is 6.04. The summed E-state index contributed by atoms with van der Waals surface area (Å²) in [6.07, 6.45) is -3.27. The molecule has 0 spiro atoms. The molecule has 2 nitrogen and oxygen atoms in total. The van der Waals surface area contributed by atoms with E-state index >= 15 is 0 Å². The number of rotatable bonds is 1. The van der Waals surface area contributed by atoms with E-state index in [4.69, 9.17) is 5.21 Å². The fourth-order valence-corrected chi connectivity index (χ4v) is 0.825. The normalized spacial score (nSPS) is 11.4. The van der Waals surface area contributed by atoms with Gasteiger partial charge in [-0.15, -0.1) is 0 Å². The van der Waals surface area contributed by atoms with Crippen LogP contribution in [0.25, 0.3) is 0 Å². The summed E-state index contributed by atoms with van der Waals surface area (Å²) in [6.45, 7) is 0. The van der Waals surface area contributed by atoms with Crippen LogP contribution in [0, 0.1) is 0 Å². The van der Waals surface area contributed by atoms with Gasteiger partial charge in [-0.05, 0) is 17.7 Å². The van der Waals surface area contributed by atoms with E-state index in [-0.39, 0.29) is 29.6 Å². The molecule has 14 heavy (non-hydrogen) atoms. The maximum Gasteiger partial charge on any atom is 1.00 e. The smallest absolute Gasteiger partial charge is 0.411 e. The number of nitrogens with zero attached hydrogens (tertiary/aromatic N) is 1. The molecule has 1 rings (SSSR count). The predicted octanol–water partition coefficient (Wildman–Crippen LogP) is -0.483. The van der Waals surface area contributed by atoms with Crippen molar-refractivity contribution in [2.75, 3.05) is 0 Å². The third kappa shape index (κ3) is 3.69. The van der Waals surface area contributed by atoms with Crippen LogP contribution < -0.4 is 29.6 Å². The van der Waals surface area contributed by atoms with Gasteiger partial charge in [0.2, 0.25) is 0 Å². The number of benzene rings is 1. The molecule has 0 aliphatic carbocycles. The second-order valence-corrected chi connectivity index (χ2v) is 2.36. The van der Waals surface area contributed by atoms with Crippen molar-refractivity contribution in [3.8, 4) is 0 Å². The number of hydrogen-bond donors (Lipinski definition) is 1. The Morgan fingerprint density at radius 1 is 1.14 bits per heavy atom. The summed E-state index contributed by atoms with van der Waals surface area (Å²) in [5, 5.41) is 10.8. The van der Waals surface area contributed by atoms with Crippen LogP contribution >= 0.6 is 0 Å². The standard InChI is InChI=1S/C8H6F3NO.Na/c9-8(10,11)7-3-1-6(2-4-7)5-12-13;/h1-5,13H;/q;+1/b12-5+;. The molecule has 0 heterocycles. The Morgan fingerprint density at radius 3 is 2.00 bits per heavy atom. The molecule has 0 saturated heterocycles. The van der Waals surface area contributed by atoms with Crippen LogP contribution in [-0.2, 0) is 6.18 Å². The van der Waals surface area contributed by atoms with Gasteiger partial charge in [-0.25, -0.2) is 0 Å². The molecule has 0 aliphatic heterocycles. The fraction of sp³-hybridized carbons (Fsp3) is 0.125. The molecule has 0 unspecified atom stereocenters.